The molecule has 1 aromatic carbocycles. The summed E-state index contributed by atoms with van der Waals surface area (Å²) >= 11 is 0. The number of ketones is 2. The average molecular weight is 250 g/mol. The van der Waals surface area contributed by atoms with E-state index in [-0.39, 0.29) is 24.4 Å². The van der Waals surface area contributed by atoms with Crippen molar-refractivity contribution in [3.05, 3.63) is 35.1 Å². The first-order valence-corrected chi connectivity index (χ1v) is 6.07. The molecule has 0 aliphatic heterocycles. The fourth-order valence-corrected chi connectivity index (χ4v) is 2.23. The summed E-state index contributed by atoms with van der Waals surface area (Å²) in [5, 5.41) is 0. The Kier molecular flexibility index (Phi) is 3.87. The van der Waals surface area contributed by atoms with E-state index >= 15 is 0 Å². The topological polar surface area (TPSA) is 43.4 Å². The standard InChI is InChI=1S/C14H15FO3/c1-2-18-7-6-13(16)11-8-10-9(14(11)17)4-3-5-12(10)15/h3-5,11H,2,6-8H2,1H3. The van der Waals surface area contributed by atoms with Crippen LogP contribution in [-0.2, 0) is 16.0 Å². The van der Waals surface area contributed by atoms with Crippen LogP contribution in [0.3, 0.4) is 0 Å². The number of rotatable bonds is 5. The third-order valence-corrected chi connectivity index (χ3v) is 3.19. The van der Waals surface area contributed by atoms with Gasteiger partial charge in [0.05, 0.1) is 12.5 Å². The van der Waals surface area contributed by atoms with Gasteiger partial charge in [0, 0.05) is 18.6 Å². The van der Waals surface area contributed by atoms with Crippen molar-refractivity contribution in [3.63, 3.8) is 0 Å². The number of benzene rings is 1. The third kappa shape index (κ3) is 2.34. The summed E-state index contributed by atoms with van der Waals surface area (Å²) in [7, 11) is 0. The predicted molar refractivity (Wildman–Crippen MR) is 64.0 cm³/mol. The van der Waals surface area contributed by atoms with Gasteiger partial charge in [0.1, 0.15) is 11.6 Å². The molecule has 2 rings (SSSR count). The van der Waals surface area contributed by atoms with E-state index in [4.69, 9.17) is 4.74 Å². The van der Waals surface area contributed by atoms with Gasteiger partial charge in [0.15, 0.2) is 5.78 Å². The number of carbonyl (C=O) groups is 2. The number of hydrogen-bond acceptors (Lipinski definition) is 3. The number of ether oxygens (including phenoxy) is 1. The molecule has 1 atom stereocenters. The lowest BCUT2D eigenvalue weighted by Crippen LogP contribution is -2.22. The first-order chi connectivity index (χ1) is 8.65. The molecule has 18 heavy (non-hydrogen) atoms. The van der Waals surface area contributed by atoms with Gasteiger partial charge in [0.25, 0.3) is 0 Å². The Balaban J connectivity index is 2.09. The van der Waals surface area contributed by atoms with Crippen LogP contribution in [0.25, 0.3) is 0 Å². The van der Waals surface area contributed by atoms with Gasteiger partial charge < -0.3 is 4.74 Å². The lowest BCUT2D eigenvalue weighted by molar-refractivity contribution is -0.122. The van der Waals surface area contributed by atoms with Gasteiger partial charge in [0.2, 0.25) is 0 Å². The lowest BCUT2D eigenvalue weighted by Gasteiger charge is -2.06. The Labute approximate surface area is 105 Å². The molecular formula is C14H15FO3. The SMILES string of the molecule is CCOCCC(=O)C1Cc2c(F)cccc2C1=O. The maximum atomic E-state index is 13.5. The summed E-state index contributed by atoms with van der Waals surface area (Å²) in [6, 6.07) is 4.40. The van der Waals surface area contributed by atoms with Crippen molar-refractivity contribution in [2.24, 2.45) is 5.92 Å². The molecule has 1 aliphatic rings. The number of fused-ring (bicyclic) bond motifs is 1. The van der Waals surface area contributed by atoms with Gasteiger partial charge in [-0.1, -0.05) is 12.1 Å². The Morgan fingerprint density at radius 3 is 2.94 bits per heavy atom. The van der Waals surface area contributed by atoms with E-state index in [1.807, 2.05) is 6.92 Å². The zero-order chi connectivity index (χ0) is 13.1. The van der Waals surface area contributed by atoms with Crippen LogP contribution in [-0.4, -0.2) is 24.8 Å². The second-order valence-electron chi connectivity index (χ2n) is 4.30. The molecule has 0 saturated carbocycles. The molecule has 3 nitrogen and oxygen atoms in total. The van der Waals surface area contributed by atoms with Crippen molar-refractivity contribution >= 4 is 11.6 Å². The molecule has 0 fully saturated rings. The number of Topliss-reactive ketones (excluding diaryl/α,β-unsaturated/α-hetero) is 2. The highest BCUT2D eigenvalue weighted by molar-refractivity contribution is 6.14. The van der Waals surface area contributed by atoms with Crippen molar-refractivity contribution < 1.29 is 18.7 Å². The van der Waals surface area contributed by atoms with Crippen LogP contribution < -0.4 is 0 Å². The van der Waals surface area contributed by atoms with Crippen molar-refractivity contribution in [3.8, 4) is 0 Å². The summed E-state index contributed by atoms with van der Waals surface area (Å²) in [5.74, 6) is -1.55. The van der Waals surface area contributed by atoms with Crippen LogP contribution in [0.15, 0.2) is 18.2 Å². The second kappa shape index (κ2) is 5.40. The maximum Gasteiger partial charge on any atom is 0.174 e. The smallest absolute Gasteiger partial charge is 0.174 e. The van der Waals surface area contributed by atoms with Crippen LogP contribution in [0.4, 0.5) is 4.39 Å². The molecule has 1 unspecified atom stereocenters. The first-order valence-electron chi connectivity index (χ1n) is 6.07. The Morgan fingerprint density at radius 1 is 1.50 bits per heavy atom. The summed E-state index contributed by atoms with van der Waals surface area (Å²) in [6.07, 6.45) is 0.394. The molecular weight excluding hydrogens is 235 g/mol. The van der Waals surface area contributed by atoms with Gasteiger partial charge >= 0.3 is 0 Å². The monoisotopic (exact) mass is 250 g/mol. The number of halogens is 1. The van der Waals surface area contributed by atoms with Crippen LogP contribution in [0.1, 0.15) is 29.3 Å². The molecule has 96 valence electrons. The maximum absolute atomic E-state index is 13.5. The predicted octanol–water partition coefficient (Wildman–Crippen LogP) is 2.18. The minimum atomic E-state index is -0.725. The molecule has 0 radical (unpaired) electrons. The third-order valence-electron chi connectivity index (χ3n) is 3.19. The Morgan fingerprint density at radius 2 is 2.28 bits per heavy atom. The molecule has 0 amide bonds. The molecule has 0 aromatic heterocycles. The highest BCUT2D eigenvalue weighted by Crippen LogP contribution is 2.29. The average Bonchev–Trinajstić information content (AvgIpc) is 2.69. The van der Waals surface area contributed by atoms with E-state index in [0.717, 1.165) is 0 Å². The van der Waals surface area contributed by atoms with E-state index < -0.39 is 11.7 Å². The zero-order valence-corrected chi connectivity index (χ0v) is 10.2. The quantitative estimate of drug-likeness (QED) is 0.594. The Bertz CT molecular complexity index is 482. The van der Waals surface area contributed by atoms with E-state index in [1.165, 1.54) is 12.1 Å². The van der Waals surface area contributed by atoms with Crippen molar-refractivity contribution in [2.45, 2.75) is 19.8 Å². The van der Waals surface area contributed by atoms with Gasteiger partial charge in [-0.3, -0.25) is 9.59 Å². The van der Waals surface area contributed by atoms with E-state index in [1.54, 1.807) is 6.07 Å². The van der Waals surface area contributed by atoms with E-state index in [2.05, 4.69) is 0 Å². The molecule has 0 heterocycles. The number of carbonyl (C=O) groups excluding carboxylic acids is 2. The van der Waals surface area contributed by atoms with Crippen molar-refractivity contribution in [2.75, 3.05) is 13.2 Å². The van der Waals surface area contributed by atoms with E-state index in [0.29, 0.717) is 24.3 Å². The second-order valence-corrected chi connectivity index (χ2v) is 4.30. The summed E-state index contributed by atoms with van der Waals surface area (Å²) < 4.78 is 18.6. The molecule has 0 N–H and O–H groups in total. The van der Waals surface area contributed by atoms with Crippen LogP contribution in [0, 0.1) is 11.7 Å². The molecule has 1 aromatic rings. The minimum absolute atomic E-state index is 0.163. The fraction of sp³-hybridized carbons (Fsp3) is 0.429. The summed E-state index contributed by atoms with van der Waals surface area (Å²) in [5.41, 5.74) is 0.724. The van der Waals surface area contributed by atoms with E-state index in [9.17, 15) is 14.0 Å². The molecule has 0 spiro atoms. The fourth-order valence-electron chi connectivity index (χ4n) is 2.23. The van der Waals surface area contributed by atoms with Crippen LogP contribution in [0.5, 0.6) is 0 Å². The minimum Gasteiger partial charge on any atom is -0.381 e. The zero-order valence-electron chi connectivity index (χ0n) is 10.2. The first kappa shape index (κ1) is 12.9. The van der Waals surface area contributed by atoms with Crippen molar-refractivity contribution in [1.29, 1.82) is 0 Å². The molecule has 1 aliphatic carbocycles. The normalized spacial score (nSPS) is 17.9. The largest absolute Gasteiger partial charge is 0.381 e. The summed E-state index contributed by atoms with van der Waals surface area (Å²) in [4.78, 5) is 23.9. The number of hydrogen-bond donors (Lipinski definition) is 0. The highest BCUT2D eigenvalue weighted by atomic mass is 19.1. The van der Waals surface area contributed by atoms with Gasteiger partial charge in [-0.25, -0.2) is 4.39 Å². The molecule has 4 heteroatoms. The Hall–Kier alpha value is -1.55. The molecule has 0 bridgehead atoms. The van der Waals surface area contributed by atoms with Gasteiger partial charge in [-0.15, -0.1) is 0 Å². The lowest BCUT2D eigenvalue weighted by atomic mass is 9.98. The van der Waals surface area contributed by atoms with Gasteiger partial charge in [-0.05, 0) is 25.0 Å². The summed E-state index contributed by atoms with van der Waals surface area (Å²) in [6.45, 7) is 2.70. The molecule has 0 saturated heterocycles. The van der Waals surface area contributed by atoms with Crippen LogP contribution >= 0.6 is 0 Å². The van der Waals surface area contributed by atoms with Crippen LogP contribution in [0.2, 0.25) is 0 Å². The highest BCUT2D eigenvalue weighted by Gasteiger charge is 2.36. The van der Waals surface area contributed by atoms with Crippen molar-refractivity contribution in [1.82, 2.24) is 0 Å². The van der Waals surface area contributed by atoms with Gasteiger partial charge in [-0.2, -0.15) is 0 Å².